The molecule has 0 unspecified atom stereocenters. The Bertz CT molecular complexity index is 389. The fourth-order valence-electron chi connectivity index (χ4n) is 0.761. The van der Waals surface area contributed by atoms with Crippen LogP contribution in [0.3, 0.4) is 0 Å². The monoisotopic (exact) mass is 322 g/mol. The Kier molecular flexibility index (Phi) is 4.75. The number of hydrogen-bond donors (Lipinski definition) is 0. The lowest BCUT2D eigenvalue weighted by Gasteiger charge is -2.35. The van der Waals surface area contributed by atoms with Crippen molar-refractivity contribution in [2.24, 2.45) is 0 Å². The first-order valence-corrected chi connectivity index (χ1v) is 4.30. The molecule has 0 fully saturated rings. The molecule has 0 radical (unpaired) electrons. The quantitative estimate of drug-likeness (QED) is 0.425. The molecular formula is C8H4F10O2. The van der Waals surface area contributed by atoms with Crippen molar-refractivity contribution in [3.8, 4) is 0 Å². The van der Waals surface area contributed by atoms with Gasteiger partial charge in [0, 0.05) is 6.08 Å². The van der Waals surface area contributed by atoms with Gasteiger partial charge in [0.25, 0.3) is 0 Å². The van der Waals surface area contributed by atoms with Crippen LogP contribution in [-0.4, -0.2) is 36.3 Å². The normalized spacial score (nSPS) is 14.3. The Hall–Kier alpha value is -1.49. The van der Waals surface area contributed by atoms with E-state index >= 15 is 0 Å². The second-order valence-corrected chi connectivity index (χ2v) is 3.21. The highest BCUT2D eigenvalue weighted by molar-refractivity contribution is 5.81. The van der Waals surface area contributed by atoms with Gasteiger partial charge in [-0.05, 0) is 0 Å². The summed E-state index contributed by atoms with van der Waals surface area (Å²) in [5.41, 5.74) is 0. The molecule has 0 aliphatic heterocycles. The summed E-state index contributed by atoms with van der Waals surface area (Å²) in [4.78, 5) is 10.3. The first-order chi connectivity index (χ1) is 8.65. The van der Waals surface area contributed by atoms with Crippen LogP contribution in [0.15, 0.2) is 12.7 Å². The van der Waals surface area contributed by atoms with Crippen LogP contribution in [0.4, 0.5) is 43.9 Å². The summed E-state index contributed by atoms with van der Waals surface area (Å²) in [6, 6.07) is 0. The summed E-state index contributed by atoms with van der Waals surface area (Å²) >= 11 is 0. The van der Waals surface area contributed by atoms with Crippen LogP contribution in [0.25, 0.3) is 0 Å². The third kappa shape index (κ3) is 2.68. The molecule has 0 heterocycles. The van der Waals surface area contributed by atoms with Crippen molar-refractivity contribution in [3.63, 3.8) is 0 Å². The van der Waals surface area contributed by atoms with Crippen molar-refractivity contribution in [2.45, 2.75) is 30.3 Å². The number of esters is 1. The molecule has 0 aliphatic carbocycles. The van der Waals surface area contributed by atoms with E-state index in [4.69, 9.17) is 0 Å². The summed E-state index contributed by atoms with van der Waals surface area (Å²) < 4.78 is 126. The van der Waals surface area contributed by atoms with Crippen LogP contribution in [0.5, 0.6) is 0 Å². The first kappa shape index (κ1) is 18.5. The molecule has 118 valence electrons. The number of halogens is 10. The Balaban J connectivity index is 5.71. The lowest BCUT2D eigenvalue weighted by Crippen LogP contribution is -2.65. The summed E-state index contributed by atoms with van der Waals surface area (Å²) in [7, 11) is 0. The van der Waals surface area contributed by atoms with E-state index in [1.165, 1.54) is 0 Å². The minimum atomic E-state index is -7.20. The molecule has 0 amide bonds. The molecule has 12 heteroatoms. The van der Waals surface area contributed by atoms with Gasteiger partial charge in [-0.3, -0.25) is 0 Å². The van der Waals surface area contributed by atoms with E-state index in [9.17, 15) is 48.7 Å². The van der Waals surface area contributed by atoms with Crippen LogP contribution in [0.2, 0.25) is 0 Å². The molecule has 0 N–H and O–H groups in total. The highest BCUT2D eigenvalue weighted by atomic mass is 19.4. The number of rotatable bonds is 6. The van der Waals surface area contributed by atoms with Gasteiger partial charge in [-0.15, -0.1) is 0 Å². The molecule has 0 saturated carbocycles. The Labute approximate surface area is 104 Å². The third-order valence-electron chi connectivity index (χ3n) is 1.85. The highest BCUT2D eigenvalue weighted by Gasteiger charge is 2.84. The number of carbonyl (C=O) groups is 1. The molecule has 20 heavy (non-hydrogen) atoms. The molecule has 0 atom stereocenters. The summed E-state index contributed by atoms with van der Waals surface area (Å²) in [6.45, 7) is 2.46. The molecule has 0 rings (SSSR count). The second kappa shape index (κ2) is 5.13. The zero-order valence-electron chi connectivity index (χ0n) is 8.96. The summed E-state index contributed by atoms with van der Waals surface area (Å²) in [6.07, 6.45) is -12.0. The Morgan fingerprint density at radius 2 is 1.35 bits per heavy atom. The van der Waals surface area contributed by atoms with Crippen molar-refractivity contribution in [1.29, 1.82) is 0 Å². The van der Waals surface area contributed by atoms with Crippen molar-refractivity contribution in [1.82, 2.24) is 0 Å². The number of carbonyl (C=O) groups excluding carboxylic acids is 1. The minimum absolute atomic E-state index is 0.159. The van der Waals surface area contributed by atoms with Gasteiger partial charge in [-0.2, -0.15) is 35.1 Å². The molecule has 0 aromatic heterocycles. The number of ether oxygens (including phenoxy) is 1. The van der Waals surface area contributed by atoms with Crippen molar-refractivity contribution in [3.05, 3.63) is 12.7 Å². The standard InChI is InChI=1S/C8H4F10O2/c1-2-3(19)20-8(17,18)7(15,16)6(13,14)5(11,12)4(9)10/h2,4H,1H2. The average molecular weight is 322 g/mol. The van der Waals surface area contributed by atoms with Crippen molar-refractivity contribution < 1.29 is 53.4 Å². The zero-order valence-corrected chi connectivity index (χ0v) is 8.96. The maximum absolute atomic E-state index is 12.7. The van der Waals surface area contributed by atoms with Crippen molar-refractivity contribution >= 4 is 5.97 Å². The molecular weight excluding hydrogens is 318 g/mol. The second-order valence-electron chi connectivity index (χ2n) is 3.21. The number of hydrogen-bond acceptors (Lipinski definition) is 2. The molecule has 2 nitrogen and oxygen atoms in total. The zero-order chi connectivity index (χ0) is 16.6. The fraction of sp³-hybridized carbons (Fsp3) is 0.625. The van der Waals surface area contributed by atoms with Crippen LogP contribution in [0, 0.1) is 0 Å². The van der Waals surface area contributed by atoms with Crippen LogP contribution in [0.1, 0.15) is 0 Å². The van der Waals surface area contributed by atoms with Gasteiger partial charge >= 0.3 is 36.3 Å². The number of alkyl halides is 10. The van der Waals surface area contributed by atoms with Gasteiger partial charge in [0.2, 0.25) is 0 Å². The van der Waals surface area contributed by atoms with Crippen LogP contribution in [-0.2, 0) is 9.53 Å². The summed E-state index contributed by atoms with van der Waals surface area (Å²) in [5, 5.41) is 0. The average Bonchev–Trinajstić information content (AvgIpc) is 2.27. The largest absolute Gasteiger partial charge is 0.473 e. The maximum atomic E-state index is 12.7. The molecule has 0 bridgehead atoms. The molecule has 0 aliphatic rings. The van der Waals surface area contributed by atoms with Gasteiger partial charge < -0.3 is 4.74 Å². The van der Waals surface area contributed by atoms with Crippen LogP contribution < -0.4 is 0 Å². The third-order valence-corrected chi connectivity index (χ3v) is 1.85. The SMILES string of the molecule is C=CC(=O)OC(F)(F)C(F)(F)C(F)(F)C(F)(F)C(F)F. The molecule has 0 aromatic rings. The van der Waals surface area contributed by atoms with E-state index in [1.54, 1.807) is 0 Å². The summed E-state index contributed by atoms with van der Waals surface area (Å²) in [5.74, 6) is -23.4. The van der Waals surface area contributed by atoms with Gasteiger partial charge in [-0.25, -0.2) is 13.6 Å². The molecule has 0 spiro atoms. The molecule has 0 saturated heterocycles. The van der Waals surface area contributed by atoms with Crippen molar-refractivity contribution in [2.75, 3.05) is 0 Å². The smallest absolute Gasteiger partial charge is 0.393 e. The lowest BCUT2D eigenvalue weighted by molar-refractivity contribution is -0.425. The highest BCUT2D eigenvalue weighted by Crippen LogP contribution is 2.54. The van der Waals surface area contributed by atoms with E-state index in [0.717, 1.165) is 0 Å². The predicted molar refractivity (Wildman–Crippen MR) is 42.1 cm³/mol. The van der Waals surface area contributed by atoms with E-state index in [1.807, 2.05) is 0 Å². The Morgan fingerprint density at radius 3 is 1.65 bits per heavy atom. The predicted octanol–water partition coefficient (Wildman–Crippen LogP) is 3.48. The van der Waals surface area contributed by atoms with Gasteiger partial charge in [0.1, 0.15) is 0 Å². The van der Waals surface area contributed by atoms with E-state index in [-0.39, 0.29) is 6.08 Å². The Morgan fingerprint density at radius 1 is 0.950 bits per heavy atom. The molecule has 0 aromatic carbocycles. The van der Waals surface area contributed by atoms with Crippen LogP contribution >= 0.6 is 0 Å². The maximum Gasteiger partial charge on any atom is 0.473 e. The van der Waals surface area contributed by atoms with E-state index < -0.39 is 36.3 Å². The fourth-order valence-corrected chi connectivity index (χ4v) is 0.761. The van der Waals surface area contributed by atoms with E-state index in [0.29, 0.717) is 0 Å². The lowest BCUT2D eigenvalue weighted by atomic mass is 10.0. The minimum Gasteiger partial charge on any atom is -0.393 e. The van der Waals surface area contributed by atoms with Gasteiger partial charge in [0.15, 0.2) is 0 Å². The first-order valence-electron chi connectivity index (χ1n) is 4.30. The van der Waals surface area contributed by atoms with Gasteiger partial charge in [-0.1, -0.05) is 6.58 Å². The van der Waals surface area contributed by atoms with Gasteiger partial charge in [0.05, 0.1) is 0 Å². The topological polar surface area (TPSA) is 26.3 Å². The van der Waals surface area contributed by atoms with E-state index in [2.05, 4.69) is 11.3 Å².